The molecule has 0 unspecified atom stereocenters. The van der Waals surface area contributed by atoms with Crippen LogP contribution >= 0.6 is 0 Å². The van der Waals surface area contributed by atoms with Crippen molar-refractivity contribution >= 4 is 17.7 Å². The second-order valence-electron chi connectivity index (χ2n) is 5.79. The van der Waals surface area contributed by atoms with Gasteiger partial charge in [0.2, 0.25) is 5.78 Å². The van der Waals surface area contributed by atoms with Crippen molar-refractivity contribution in [2.75, 3.05) is 20.8 Å². The van der Waals surface area contributed by atoms with E-state index in [1.54, 1.807) is 6.07 Å². The molecule has 0 radical (unpaired) electrons. The molecule has 0 bridgehead atoms. The highest BCUT2D eigenvalue weighted by Crippen LogP contribution is 2.22. The van der Waals surface area contributed by atoms with Crippen LogP contribution in [0.15, 0.2) is 42.5 Å². The van der Waals surface area contributed by atoms with Crippen LogP contribution in [0.4, 0.5) is 4.39 Å². The van der Waals surface area contributed by atoms with Crippen molar-refractivity contribution in [3.8, 4) is 11.5 Å². The van der Waals surface area contributed by atoms with E-state index in [1.165, 1.54) is 45.4 Å². The molecule has 2 aromatic carbocycles. The van der Waals surface area contributed by atoms with Gasteiger partial charge in [-0.1, -0.05) is 0 Å². The first-order valence-electron chi connectivity index (χ1n) is 8.34. The Morgan fingerprint density at radius 3 is 2.07 bits per heavy atom. The minimum absolute atomic E-state index is 0.217. The number of amides is 1. The standard InChI is InChI=1S/C20H20FNO6/c1-12(19(24)13-4-6-15(21)7-5-13)28-18(23)11-22-20(25)14-8-16(26-2)10-17(9-14)27-3/h4-10,12H,11H2,1-3H3,(H,22,25)/t12-/m1/s1. The van der Waals surface area contributed by atoms with E-state index >= 15 is 0 Å². The van der Waals surface area contributed by atoms with Gasteiger partial charge in [0.15, 0.2) is 6.10 Å². The van der Waals surface area contributed by atoms with Crippen molar-refractivity contribution in [3.05, 3.63) is 59.4 Å². The van der Waals surface area contributed by atoms with E-state index in [4.69, 9.17) is 14.2 Å². The van der Waals surface area contributed by atoms with Crippen LogP contribution in [-0.4, -0.2) is 44.5 Å². The summed E-state index contributed by atoms with van der Waals surface area (Å²) in [7, 11) is 2.90. The zero-order valence-corrected chi connectivity index (χ0v) is 15.7. The highest BCUT2D eigenvalue weighted by atomic mass is 19.1. The van der Waals surface area contributed by atoms with Crippen molar-refractivity contribution in [1.29, 1.82) is 0 Å². The molecule has 28 heavy (non-hydrogen) atoms. The minimum Gasteiger partial charge on any atom is -0.497 e. The summed E-state index contributed by atoms with van der Waals surface area (Å²) in [5, 5.41) is 2.41. The van der Waals surface area contributed by atoms with Gasteiger partial charge in [0, 0.05) is 17.2 Å². The maximum Gasteiger partial charge on any atom is 0.326 e. The second kappa shape index (κ2) is 9.50. The smallest absolute Gasteiger partial charge is 0.326 e. The van der Waals surface area contributed by atoms with E-state index in [1.807, 2.05) is 0 Å². The molecule has 0 aromatic heterocycles. The second-order valence-corrected chi connectivity index (χ2v) is 5.79. The summed E-state index contributed by atoms with van der Waals surface area (Å²) in [6.07, 6.45) is -1.08. The van der Waals surface area contributed by atoms with Gasteiger partial charge in [-0.15, -0.1) is 0 Å². The molecule has 0 saturated heterocycles. The van der Waals surface area contributed by atoms with E-state index < -0.39 is 36.1 Å². The van der Waals surface area contributed by atoms with Crippen LogP contribution in [0.25, 0.3) is 0 Å². The Bertz CT molecular complexity index is 843. The SMILES string of the molecule is COc1cc(OC)cc(C(=O)NCC(=O)O[C@H](C)C(=O)c2ccc(F)cc2)c1. The Morgan fingerprint density at radius 2 is 1.54 bits per heavy atom. The maximum atomic E-state index is 12.9. The molecule has 2 aromatic rings. The number of halogens is 1. The molecule has 148 valence electrons. The number of hydrogen-bond donors (Lipinski definition) is 1. The Balaban J connectivity index is 1.92. The summed E-state index contributed by atoms with van der Waals surface area (Å²) in [5.74, 6) is -1.43. The van der Waals surface area contributed by atoms with E-state index in [-0.39, 0.29) is 11.1 Å². The summed E-state index contributed by atoms with van der Waals surface area (Å²) >= 11 is 0. The largest absolute Gasteiger partial charge is 0.497 e. The van der Waals surface area contributed by atoms with Crippen molar-refractivity contribution in [2.24, 2.45) is 0 Å². The minimum atomic E-state index is -1.08. The number of nitrogens with one attached hydrogen (secondary N) is 1. The summed E-state index contributed by atoms with van der Waals surface area (Å²) in [6, 6.07) is 9.48. The van der Waals surface area contributed by atoms with Gasteiger partial charge in [-0.3, -0.25) is 14.4 Å². The predicted molar refractivity (Wildman–Crippen MR) is 98.2 cm³/mol. The van der Waals surface area contributed by atoms with Gasteiger partial charge in [-0.2, -0.15) is 0 Å². The zero-order chi connectivity index (χ0) is 20.7. The fourth-order valence-corrected chi connectivity index (χ4v) is 2.33. The Labute approximate surface area is 161 Å². The quantitative estimate of drug-likeness (QED) is 0.551. The van der Waals surface area contributed by atoms with Gasteiger partial charge in [0.1, 0.15) is 23.9 Å². The van der Waals surface area contributed by atoms with Gasteiger partial charge in [0.05, 0.1) is 14.2 Å². The average molecular weight is 389 g/mol. The normalized spacial score (nSPS) is 11.3. The average Bonchev–Trinajstić information content (AvgIpc) is 2.71. The van der Waals surface area contributed by atoms with E-state index in [9.17, 15) is 18.8 Å². The number of carbonyl (C=O) groups is 3. The lowest BCUT2D eigenvalue weighted by atomic mass is 10.1. The van der Waals surface area contributed by atoms with Crippen LogP contribution in [0, 0.1) is 5.82 Å². The summed E-state index contributed by atoms with van der Waals surface area (Å²) in [5.41, 5.74) is 0.452. The number of hydrogen-bond acceptors (Lipinski definition) is 6. The molecule has 1 amide bonds. The summed E-state index contributed by atoms with van der Waals surface area (Å²) < 4.78 is 28.1. The first kappa shape index (κ1) is 20.9. The Hall–Kier alpha value is -3.42. The zero-order valence-electron chi connectivity index (χ0n) is 15.7. The monoisotopic (exact) mass is 389 g/mol. The third-order valence-corrected chi connectivity index (χ3v) is 3.81. The third kappa shape index (κ3) is 5.54. The predicted octanol–water partition coefficient (Wildman–Crippen LogP) is 2.39. The summed E-state index contributed by atoms with van der Waals surface area (Å²) in [6.45, 7) is 0.970. The highest BCUT2D eigenvalue weighted by Gasteiger charge is 2.20. The molecule has 8 heteroatoms. The number of methoxy groups -OCH3 is 2. The van der Waals surface area contributed by atoms with Gasteiger partial charge < -0.3 is 19.5 Å². The lowest BCUT2D eigenvalue weighted by Crippen LogP contribution is -2.34. The molecule has 0 aliphatic heterocycles. The van der Waals surface area contributed by atoms with E-state index in [0.29, 0.717) is 11.5 Å². The van der Waals surface area contributed by atoms with Crippen LogP contribution in [0.1, 0.15) is 27.6 Å². The lowest BCUT2D eigenvalue weighted by molar-refractivity contribution is -0.145. The molecular weight excluding hydrogens is 369 g/mol. The van der Waals surface area contributed by atoms with Crippen LogP contribution < -0.4 is 14.8 Å². The number of carbonyl (C=O) groups excluding carboxylic acids is 3. The molecule has 0 aliphatic carbocycles. The number of Topliss-reactive ketones (excluding diaryl/α,β-unsaturated/α-hetero) is 1. The molecule has 0 spiro atoms. The number of rotatable bonds is 8. The van der Waals surface area contributed by atoms with Crippen molar-refractivity contribution in [2.45, 2.75) is 13.0 Å². The highest BCUT2D eigenvalue weighted by molar-refractivity contribution is 6.00. The topological polar surface area (TPSA) is 90.9 Å². The molecule has 7 nitrogen and oxygen atoms in total. The fourth-order valence-electron chi connectivity index (χ4n) is 2.33. The molecule has 1 N–H and O–H groups in total. The van der Waals surface area contributed by atoms with Crippen molar-refractivity contribution in [1.82, 2.24) is 5.32 Å². The van der Waals surface area contributed by atoms with Gasteiger partial charge in [-0.05, 0) is 43.3 Å². The lowest BCUT2D eigenvalue weighted by Gasteiger charge is -2.13. The molecule has 0 fully saturated rings. The van der Waals surface area contributed by atoms with Crippen LogP contribution in [0.2, 0.25) is 0 Å². The van der Waals surface area contributed by atoms with Crippen LogP contribution in [0.3, 0.4) is 0 Å². The number of ether oxygens (including phenoxy) is 3. The van der Waals surface area contributed by atoms with Crippen molar-refractivity contribution < 1.29 is 33.0 Å². The molecule has 0 saturated carbocycles. The molecule has 1 atom stereocenters. The number of benzene rings is 2. The van der Waals surface area contributed by atoms with Crippen LogP contribution in [-0.2, 0) is 9.53 Å². The first-order chi connectivity index (χ1) is 13.3. The number of esters is 1. The Morgan fingerprint density at radius 1 is 0.964 bits per heavy atom. The van der Waals surface area contributed by atoms with Gasteiger partial charge in [-0.25, -0.2) is 4.39 Å². The van der Waals surface area contributed by atoms with Gasteiger partial charge >= 0.3 is 5.97 Å². The van der Waals surface area contributed by atoms with Crippen LogP contribution in [0.5, 0.6) is 11.5 Å². The first-order valence-corrected chi connectivity index (χ1v) is 8.34. The maximum absolute atomic E-state index is 12.9. The van der Waals surface area contributed by atoms with Crippen molar-refractivity contribution in [3.63, 3.8) is 0 Å². The molecule has 0 aliphatic rings. The van der Waals surface area contributed by atoms with E-state index in [2.05, 4.69) is 5.32 Å². The molecule has 2 rings (SSSR count). The fraction of sp³-hybridized carbons (Fsp3) is 0.250. The number of ketones is 1. The van der Waals surface area contributed by atoms with Gasteiger partial charge in [0.25, 0.3) is 5.91 Å². The molecule has 0 heterocycles. The third-order valence-electron chi connectivity index (χ3n) is 3.81. The Kier molecular flexibility index (Phi) is 7.08. The molecular formula is C20H20FNO6. The summed E-state index contributed by atoms with van der Waals surface area (Å²) in [4.78, 5) is 36.3. The van der Waals surface area contributed by atoms with E-state index in [0.717, 1.165) is 12.1 Å².